The quantitative estimate of drug-likeness (QED) is 0.667. The first kappa shape index (κ1) is 13.8. The smallest absolute Gasteiger partial charge is 0.313 e. The summed E-state index contributed by atoms with van der Waals surface area (Å²) in [5.74, 6) is 0.242. The van der Waals surface area contributed by atoms with E-state index in [4.69, 9.17) is 16.3 Å². The molecule has 1 rings (SSSR count). The highest BCUT2D eigenvalue weighted by molar-refractivity contribution is 6.62. The summed E-state index contributed by atoms with van der Waals surface area (Å²) in [5, 5.41) is 1.87. The highest BCUT2D eigenvalue weighted by Crippen LogP contribution is 2.31. The van der Waals surface area contributed by atoms with E-state index in [1.165, 1.54) is 19.2 Å². The van der Waals surface area contributed by atoms with Crippen LogP contribution in [0.25, 0.3) is 0 Å². The van der Waals surface area contributed by atoms with Gasteiger partial charge in [0.15, 0.2) is 0 Å². The van der Waals surface area contributed by atoms with Crippen LogP contribution in [0.1, 0.15) is 19.4 Å². The molecule has 0 aromatic heterocycles. The van der Waals surface area contributed by atoms with Gasteiger partial charge >= 0.3 is 5.37 Å². The highest BCUT2D eigenvalue weighted by atomic mass is 35.5. The van der Waals surface area contributed by atoms with Crippen LogP contribution in [-0.4, -0.2) is 19.0 Å². The maximum absolute atomic E-state index is 13.2. The second-order valence-electron chi connectivity index (χ2n) is 4.36. The van der Waals surface area contributed by atoms with Crippen LogP contribution in [0, 0.1) is 5.82 Å². The summed E-state index contributed by atoms with van der Waals surface area (Å²) in [6, 6.07) is 4.30. The molecule has 0 spiro atoms. The van der Waals surface area contributed by atoms with E-state index in [1.807, 2.05) is 13.8 Å². The molecule has 0 aliphatic rings. The average Bonchev–Trinajstić information content (AvgIpc) is 2.26. The fourth-order valence-electron chi connectivity index (χ4n) is 1.59. The van der Waals surface area contributed by atoms with Gasteiger partial charge in [-0.3, -0.25) is 4.79 Å². The third-order valence-electron chi connectivity index (χ3n) is 2.56. The van der Waals surface area contributed by atoms with Crippen LogP contribution in [0.3, 0.4) is 0 Å². The number of hydrogen-bond donors (Lipinski definition) is 1. The van der Waals surface area contributed by atoms with Crippen molar-refractivity contribution in [2.45, 2.75) is 19.3 Å². The molecule has 0 bridgehead atoms. The minimum absolute atomic E-state index is 0.301. The SMILES string of the molecule is COc1ccc(F)cc1C(C)(C)CNC(=O)Cl. The lowest BCUT2D eigenvalue weighted by Crippen LogP contribution is -2.34. The lowest BCUT2D eigenvalue weighted by atomic mass is 9.84. The summed E-state index contributed by atoms with van der Waals surface area (Å²) in [6.45, 7) is 4.05. The van der Waals surface area contributed by atoms with Crippen molar-refractivity contribution in [3.63, 3.8) is 0 Å². The van der Waals surface area contributed by atoms with E-state index in [0.29, 0.717) is 17.9 Å². The number of ether oxygens (including phenoxy) is 1. The van der Waals surface area contributed by atoms with Crippen LogP contribution in [0.15, 0.2) is 18.2 Å². The molecule has 0 saturated heterocycles. The molecule has 0 atom stereocenters. The second kappa shape index (κ2) is 5.36. The largest absolute Gasteiger partial charge is 0.496 e. The monoisotopic (exact) mass is 259 g/mol. The zero-order valence-corrected chi connectivity index (χ0v) is 10.8. The van der Waals surface area contributed by atoms with Crippen molar-refractivity contribution in [3.05, 3.63) is 29.6 Å². The minimum atomic E-state index is -0.631. The fraction of sp³-hybridized carbons (Fsp3) is 0.417. The van der Waals surface area contributed by atoms with Gasteiger partial charge in [-0.25, -0.2) is 4.39 Å². The topological polar surface area (TPSA) is 38.3 Å². The van der Waals surface area contributed by atoms with Crippen molar-refractivity contribution < 1.29 is 13.9 Å². The van der Waals surface area contributed by atoms with Crippen molar-refractivity contribution in [1.29, 1.82) is 0 Å². The summed E-state index contributed by atoms with van der Waals surface area (Å²) in [4.78, 5) is 10.7. The lowest BCUT2D eigenvalue weighted by molar-refractivity contribution is 0.257. The molecule has 17 heavy (non-hydrogen) atoms. The van der Waals surface area contributed by atoms with Crippen LogP contribution in [0.5, 0.6) is 5.75 Å². The van der Waals surface area contributed by atoms with E-state index in [2.05, 4.69) is 5.32 Å². The predicted octanol–water partition coefficient (Wildman–Crippen LogP) is 3.06. The molecule has 0 heterocycles. The number of halogens is 2. The number of hydrogen-bond acceptors (Lipinski definition) is 2. The van der Waals surface area contributed by atoms with Crippen LogP contribution in [0.4, 0.5) is 9.18 Å². The summed E-state index contributed by atoms with van der Waals surface area (Å²) in [5.41, 5.74) is 0.211. The first-order valence-electron chi connectivity index (χ1n) is 5.14. The Hall–Kier alpha value is -1.29. The maximum Gasteiger partial charge on any atom is 0.313 e. The molecule has 0 unspecified atom stereocenters. The zero-order chi connectivity index (χ0) is 13.1. The molecular weight excluding hydrogens is 245 g/mol. The van der Waals surface area contributed by atoms with Crippen molar-refractivity contribution in [3.8, 4) is 5.75 Å². The Labute approximate surface area is 105 Å². The van der Waals surface area contributed by atoms with Gasteiger partial charge in [0.1, 0.15) is 11.6 Å². The number of rotatable bonds is 4. The number of methoxy groups -OCH3 is 1. The predicted molar refractivity (Wildman–Crippen MR) is 65.2 cm³/mol. The summed E-state index contributed by atoms with van der Waals surface area (Å²) in [6.07, 6.45) is 0. The molecular formula is C12H15ClFNO2. The van der Waals surface area contributed by atoms with E-state index >= 15 is 0 Å². The molecule has 1 amide bonds. The molecule has 0 aliphatic carbocycles. The van der Waals surface area contributed by atoms with Crippen LogP contribution in [-0.2, 0) is 5.41 Å². The molecule has 0 saturated carbocycles. The first-order valence-corrected chi connectivity index (χ1v) is 5.52. The first-order chi connectivity index (χ1) is 7.86. The molecule has 1 N–H and O–H groups in total. The fourth-order valence-corrected chi connectivity index (χ4v) is 1.66. The van der Waals surface area contributed by atoms with E-state index in [0.717, 1.165) is 0 Å². The number of benzene rings is 1. The second-order valence-corrected chi connectivity index (χ2v) is 4.70. The number of amides is 1. The van der Waals surface area contributed by atoms with Gasteiger partial charge in [-0.05, 0) is 29.8 Å². The summed E-state index contributed by atoms with van der Waals surface area (Å²) >= 11 is 5.22. The molecule has 1 aromatic carbocycles. The summed E-state index contributed by atoms with van der Waals surface area (Å²) < 4.78 is 18.4. The Morgan fingerprint density at radius 3 is 2.71 bits per heavy atom. The molecule has 0 radical (unpaired) electrons. The van der Waals surface area contributed by atoms with Crippen LogP contribution in [0.2, 0.25) is 0 Å². The maximum atomic E-state index is 13.2. The van der Waals surface area contributed by atoms with E-state index in [9.17, 15) is 9.18 Å². The third kappa shape index (κ3) is 3.60. The van der Waals surface area contributed by atoms with Crippen LogP contribution < -0.4 is 10.1 Å². The van der Waals surface area contributed by atoms with E-state index < -0.39 is 10.8 Å². The van der Waals surface area contributed by atoms with Crippen molar-refractivity contribution >= 4 is 17.0 Å². The molecule has 0 aliphatic heterocycles. The number of carbonyl (C=O) groups excluding carboxylic acids is 1. The van der Waals surface area contributed by atoms with Gasteiger partial charge in [-0.2, -0.15) is 0 Å². The molecule has 1 aromatic rings. The van der Waals surface area contributed by atoms with Gasteiger partial charge in [0.05, 0.1) is 7.11 Å². The van der Waals surface area contributed by atoms with E-state index in [-0.39, 0.29) is 5.82 Å². The van der Waals surface area contributed by atoms with Crippen molar-refractivity contribution in [1.82, 2.24) is 5.32 Å². The van der Waals surface area contributed by atoms with Crippen molar-refractivity contribution in [2.24, 2.45) is 0 Å². The lowest BCUT2D eigenvalue weighted by Gasteiger charge is -2.27. The van der Waals surface area contributed by atoms with Gasteiger partial charge < -0.3 is 10.1 Å². The number of nitrogens with one attached hydrogen (secondary N) is 1. The van der Waals surface area contributed by atoms with Gasteiger partial charge in [-0.15, -0.1) is 0 Å². The van der Waals surface area contributed by atoms with Gasteiger partial charge in [0, 0.05) is 17.5 Å². The van der Waals surface area contributed by atoms with Gasteiger partial charge in [0.25, 0.3) is 0 Å². The molecule has 3 nitrogen and oxygen atoms in total. The van der Waals surface area contributed by atoms with Crippen molar-refractivity contribution in [2.75, 3.05) is 13.7 Å². The van der Waals surface area contributed by atoms with Gasteiger partial charge in [-0.1, -0.05) is 13.8 Å². The minimum Gasteiger partial charge on any atom is -0.496 e. The average molecular weight is 260 g/mol. The highest BCUT2D eigenvalue weighted by Gasteiger charge is 2.25. The molecule has 0 fully saturated rings. The summed E-state index contributed by atoms with van der Waals surface area (Å²) in [7, 11) is 1.52. The normalized spacial score (nSPS) is 11.1. The molecule has 5 heteroatoms. The Bertz CT molecular complexity index is 421. The number of carbonyl (C=O) groups is 1. The zero-order valence-electron chi connectivity index (χ0n) is 10.0. The Morgan fingerprint density at radius 2 is 2.18 bits per heavy atom. The van der Waals surface area contributed by atoms with E-state index in [1.54, 1.807) is 6.07 Å². The standard InChI is InChI=1S/C12H15ClFNO2/c1-12(2,7-15-11(13)16)9-6-8(14)4-5-10(9)17-3/h4-6H,7H2,1-3H3,(H,15,16). The third-order valence-corrected chi connectivity index (χ3v) is 2.69. The Balaban J connectivity index is 3.03. The molecule has 94 valence electrons. The Kier molecular flexibility index (Phi) is 4.34. The Morgan fingerprint density at radius 1 is 1.53 bits per heavy atom. The van der Waals surface area contributed by atoms with Gasteiger partial charge in [0.2, 0.25) is 0 Å². The van der Waals surface area contributed by atoms with Crippen LogP contribution >= 0.6 is 11.6 Å².